The highest BCUT2D eigenvalue weighted by molar-refractivity contribution is 7.09. The molecular weight excluding hydrogens is 264 g/mol. The zero-order valence-corrected chi connectivity index (χ0v) is 13.6. The van der Waals surface area contributed by atoms with Crippen molar-refractivity contribution < 1.29 is 0 Å². The lowest BCUT2D eigenvalue weighted by atomic mass is 9.95. The van der Waals surface area contributed by atoms with Crippen LogP contribution in [0.3, 0.4) is 0 Å². The minimum atomic E-state index is 0.391. The summed E-state index contributed by atoms with van der Waals surface area (Å²) in [4.78, 5) is 5.65. The maximum absolute atomic E-state index is 4.31. The van der Waals surface area contributed by atoms with E-state index in [1.807, 2.05) is 5.51 Å². The van der Waals surface area contributed by atoms with Crippen LogP contribution >= 0.6 is 11.3 Å². The highest BCUT2D eigenvalue weighted by atomic mass is 32.1. The van der Waals surface area contributed by atoms with Crippen molar-refractivity contribution in [2.75, 3.05) is 0 Å². The number of nitrogens with one attached hydrogen (secondary N) is 1. The van der Waals surface area contributed by atoms with Crippen LogP contribution in [0.1, 0.15) is 48.5 Å². The molecule has 0 saturated carbocycles. The minimum Gasteiger partial charge on any atom is -0.305 e. The first kappa shape index (κ1) is 15.2. The first-order valence-electron chi connectivity index (χ1n) is 7.33. The van der Waals surface area contributed by atoms with Gasteiger partial charge in [-0.2, -0.15) is 0 Å². The molecule has 2 aromatic rings. The van der Waals surface area contributed by atoms with Gasteiger partial charge in [-0.15, -0.1) is 11.3 Å². The van der Waals surface area contributed by atoms with Crippen LogP contribution < -0.4 is 5.32 Å². The Balaban J connectivity index is 2.08. The average molecular weight is 288 g/mol. The van der Waals surface area contributed by atoms with Gasteiger partial charge in [-0.1, -0.05) is 45.0 Å². The monoisotopic (exact) mass is 288 g/mol. The van der Waals surface area contributed by atoms with Crippen LogP contribution in [0.2, 0.25) is 0 Å². The molecule has 0 radical (unpaired) electrons. The van der Waals surface area contributed by atoms with Gasteiger partial charge >= 0.3 is 0 Å². The van der Waals surface area contributed by atoms with E-state index in [0.29, 0.717) is 12.0 Å². The molecule has 1 unspecified atom stereocenters. The fourth-order valence-corrected chi connectivity index (χ4v) is 3.13. The fraction of sp³-hybridized carbons (Fsp3) is 0.471. The zero-order valence-electron chi connectivity index (χ0n) is 12.8. The van der Waals surface area contributed by atoms with Crippen molar-refractivity contribution in [2.45, 2.75) is 46.7 Å². The maximum Gasteiger partial charge on any atom is 0.0798 e. The van der Waals surface area contributed by atoms with Crippen LogP contribution in [0.25, 0.3) is 0 Å². The topological polar surface area (TPSA) is 24.9 Å². The second-order valence-electron chi connectivity index (χ2n) is 5.56. The smallest absolute Gasteiger partial charge is 0.0798 e. The van der Waals surface area contributed by atoms with Gasteiger partial charge < -0.3 is 5.32 Å². The van der Waals surface area contributed by atoms with E-state index in [0.717, 1.165) is 18.7 Å². The van der Waals surface area contributed by atoms with Crippen LogP contribution in [0, 0.1) is 12.8 Å². The van der Waals surface area contributed by atoms with Crippen molar-refractivity contribution in [3.63, 3.8) is 0 Å². The third-order valence-corrected chi connectivity index (χ3v) is 4.68. The van der Waals surface area contributed by atoms with Crippen LogP contribution in [-0.2, 0) is 13.0 Å². The molecule has 20 heavy (non-hydrogen) atoms. The molecule has 108 valence electrons. The summed E-state index contributed by atoms with van der Waals surface area (Å²) >= 11 is 1.73. The number of aromatic nitrogens is 1. The van der Waals surface area contributed by atoms with Crippen molar-refractivity contribution in [2.24, 2.45) is 5.92 Å². The predicted octanol–water partition coefficient (Wildman–Crippen LogP) is 4.50. The Kier molecular flexibility index (Phi) is 5.32. The lowest BCUT2D eigenvalue weighted by molar-refractivity contribution is 0.411. The predicted molar refractivity (Wildman–Crippen MR) is 87.1 cm³/mol. The standard InChI is InChI=1S/C17H24N2S/c1-5-14-6-8-15(9-7-14)17(12(2)3)18-10-16-13(4)19-11-20-16/h6-9,11-12,17-18H,5,10H2,1-4H3. The van der Waals surface area contributed by atoms with Gasteiger partial charge in [-0.3, -0.25) is 0 Å². The molecule has 0 amide bonds. The molecule has 1 aromatic heterocycles. The lowest BCUT2D eigenvalue weighted by Gasteiger charge is -2.23. The molecule has 3 heteroatoms. The van der Waals surface area contributed by atoms with Gasteiger partial charge in [0.1, 0.15) is 0 Å². The molecule has 1 atom stereocenters. The molecule has 0 aliphatic rings. The van der Waals surface area contributed by atoms with Gasteiger partial charge in [-0.05, 0) is 30.4 Å². The summed E-state index contributed by atoms with van der Waals surface area (Å²) in [5.41, 5.74) is 5.84. The highest BCUT2D eigenvalue weighted by Gasteiger charge is 2.15. The Morgan fingerprint density at radius 3 is 2.40 bits per heavy atom. The number of aryl methyl sites for hydroxylation is 2. The number of thiazole rings is 1. The molecule has 0 aliphatic heterocycles. The summed E-state index contributed by atoms with van der Waals surface area (Å²) < 4.78 is 0. The van der Waals surface area contributed by atoms with Crippen LogP contribution in [0.4, 0.5) is 0 Å². The summed E-state index contributed by atoms with van der Waals surface area (Å²) in [5.74, 6) is 0.565. The Morgan fingerprint density at radius 2 is 1.90 bits per heavy atom. The largest absolute Gasteiger partial charge is 0.305 e. The number of nitrogens with zero attached hydrogens (tertiary/aromatic N) is 1. The number of benzene rings is 1. The molecule has 1 heterocycles. The maximum atomic E-state index is 4.31. The van der Waals surface area contributed by atoms with E-state index in [4.69, 9.17) is 0 Å². The van der Waals surface area contributed by atoms with E-state index < -0.39 is 0 Å². The van der Waals surface area contributed by atoms with Crippen molar-refractivity contribution in [3.8, 4) is 0 Å². The van der Waals surface area contributed by atoms with E-state index in [-0.39, 0.29) is 0 Å². The van der Waals surface area contributed by atoms with Gasteiger partial charge in [0.2, 0.25) is 0 Å². The Labute approximate surface area is 126 Å². The van der Waals surface area contributed by atoms with Crippen molar-refractivity contribution in [3.05, 3.63) is 51.5 Å². The Hall–Kier alpha value is -1.19. The molecule has 0 aliphatic carbocycles. The summed E-state index contributed by atoms with van der Waals surface area (Å²) in [6.45, 7) is 9.71. The molecule has 0 saturated heterocycles. The van der Waals surface area contributed by atoms with Crippen LogP contribution in [0.15, 0.2) is 29.8 Å². The summed E-state index contributed by atoms with van der Waals surface area (Å²) in [6, 6.07) is 9.39. The number of hydrogen-bond donors (Lipinski definition) is 1. The molecule has 0 bridgehead atoms. The van der Waals surface area contributed by atoms with E-state index in [2.05, 4.69) is 62.3 Å². The Bertz CT molecular complexity index is 528. The normalized spacial score (nSPS) is 12.8. The molecule has 1 N–H and O–H groups in total. The molecular formula is C17H24N2S. The quantitative estimate of drug-likeness (QED) is 0.846. The lowest BCUT2D eigenvalue weighted by Crippen LogP contribution is -2.25. The molecule has 1 aromatic carbocycles. The first-order chi connectivity index (χ1) is 9.61. The van der Waals surface area contributed by atoms with Gasteiger partial charge in [0.15, 0.2) is 0 Å². The Morgan fingerprint density at radius 1 is 1.20 bits per heavy atom. The average Bonchev–Trinajstić information content (AvgIpc) is 2.85. The number of rotatable bonds is 6. The first-order valence-corrected chi connectivity index (χ1v) is 8.21. The van der Waals surface area contributed by atoms with E-state index >= 15 is 0 Å². The molecule has 2 rings (SSSR count). The van der Waals surface area contributed by atoms with Gasteiger partial charge in [0.25, 0.3) is 0 Å². The fourth-order valence-electron chi connectivity index (χ4n) is 2.40. The third-order valence-electron chi connectivity index (χ3n) is 3.74. The van der Waals surface area contributed by atoms with Gasteiger partial charge in [0, 0.05) is 17.5 Å². The summed E-state index contributed by atoms with van der Waals surface area (Å²) in [5, 5.41) is 3.69. The van der Waals surface area contributed by atoms with Crippen molar-refractivity contribution >= 4 is 11.3 Å². The van der Waals surface area contributed by atoms with E-state index in [1.165, 1.54) is 16.0 Å². The minimum absolute atomic E-state index is 0.391. The third kappa shape index (κ3) is 3.68. The number of hydrogen-bond acceptors (Lipinski definition) is 3. The zero-order chi connectivity index (χ0) is 14.5. The van der Waals surface area contributed by atoms with E-state index in [9.17, 15) is 0 Å². The van der Waals surface area contributed by atoms with Crippen LogP contribution in [-0.4, -0.2) is 4.98 Å². The highest BCUT2D eigenvalue weighted by Crippen LogP contribution is 2.23. The van der Waals surface area contributed by atoms with Crippen molar-refractivity contribution in [1.82, 2.24) is 10.3 Å². The van der Waals surface area contributed by atoms with E-state index in [1.54, 1.807) is 11.3 Å². The second-order valence-corrected chi connectivity index (χ2v) is 6.50. The summed E-state index contributed by atoms with van der Waals surface area (Å²) in [7, 11) is 0. The summed E-state index contributed by atoms with van der Waals surface area (Å²) in [6.07, 6.45) is 1.10. The van der Waals surface area contributed by atoms with Gasteiger partial charge in [0.05, 0.1) is 11.2 Å². The second kappa shape index (κ2) is 7.00. The SMILES string of the molecule is CCc1ccc(C(NCc2scnc2C)C(C)C)cc1. The van der Waals surface area contributed by atoms with Crippen LogP contribution in [0.5, 0.6) is 0 Å². The molecule has 0 fully saturated rings. The van der Waals surface area contributed by atoms with Crippen molar-refractivity contribution in [1.29, 1.82) is 0 Å². The molecule has 2 nitrogen and oxygen atoms in total. The molecule has 0 spiro atoms. The van der Waals surface area contributed by atoms with Gasteiger partial charge in [-0.25, -0.2) is 4.98 Å².